The maximum Gasteiger partial charge on any atom is 0.695 e. The van der Waals surface area contributed by atoms with E-state index < -0.39 is 14.2 Å². The van der Waals surface area contributed by atoms with Crippen LogP contribution in [0, 0.1) is 0 Å². The fraction of sp³-hybridized carbons (Fsp3) is 0.571. The normalized spacial score (nSPS) is 12.5. The number of esters is 1. The van der Waals surface area contributed by atoms with E-state index in [9.17, 15) is 9.36 Å². The Morgan fingerprint density at radius 1 is 1.62 bits per heavy atom. The van der Waals surface area contributed by atoms with Crippen molar-refractivity contribution in [3.8, 4) is 0 Å². The van der Waals surface area contributed by atoms with Gasteiger partial charge in [0.15, 0.2) is 0 Å². The van der Waals surface area contributed by atoms with Crippen molar-refractivity contribution in [3.05, 3.63) is 11.6 Å². The summed E-state index contributed by atoms with van der Waals surface area (Å²) in [5.74, 6) is -0.475. The minimum Gasteiger partial charge on any atom is -0.463 e. The third kappa shape index (κ3) is 7.59. The van der Waals surface area contributed by atoms with E-state index in [1.807, 2.05) is 0 Å². The van der Waals surface area contributed by atoms with Crippen LogP contribution in [0.1, 0.15) is 13.8 Å². The molecule has 0 radical (unpaired) electrons. The predicted octanol–water partition coefficient (Wildman–Crippen LogP) is 1.16. The molecule has 1 N–H and O–H groups in total. The van der Waals surface area contributed by atoms with Gasteiger partial charge in [0.2, 0.25) is 0 Å². The van der Waals surface area contributed by atoms with Gasteiger partial charge in [-0.15, -0.1) is 9.42 Å². The minimum absolute atomic E-state index is 0.0511. The van der Waals surface area contributed by atoms with Gasteiger partial charge in [-0.3, -0.25) is 0 Å². The van der Waals surface area contributed by atoms with Crippen LogP contribution in [-0.2, 0) is 18.6 Å². The van der Waals surface area contributed by atoms with E-state index >= 15 is 0 Å². The summed E-state index contributed by atoms with van der Waals surface area (Å²) in [6.07, 6.45) is 1.22. The van der Waals surface area contributed by atoms with Crippen LogP contribution in [0.5, 0.6) is 0 Å². The predicted molar refractivity (Wildman–Crippen MR) is 46.2 cm³/mol. The van der Waals surface area contributed by atoms with E-state index in [0.29, 0.717) is 12.2 Å². The molecule has 0 spiro atoms. The van der Waals surface area contributed by atoms with Crippen molar-refractivity contribution < 1.29 is 23.5 Å². The van der Waals surface area contributed by atoms with E-state index in [2.05, 4.69) is 9.26 Å². The molecule has 0 amide bonds. The number of carbonyl (C=O) groups excluding carboxylic acids is 1. The van der Waals surface area contributed by atoms with Crippen LogP contribution in [0.2, 0.25) is 0 Å². The molecule has 74 valence electrons. The molecule has 0 aromatic heterocycles. The summed E-state index contributed by atoms with van der Waals surface area (Å²) in [4.78, 5) is 19.1. The molecule has 6 heteroatoms. The van der Waals surface area contributed by atoms with Gasteiger partial charge in [-0.1, -0.05) is 0 Å². The molecule has 0 bridgehead atoms. The topological polar surface area (TPSA) is 72.8 Å². The van der Waals surface area contributed by atoms with Crippen molar-refractivity contribution in [3.63, 3.8) is 0 Å². The molecule has 1 atom stereocenters. The van der Waals surface area contributed by atoms with Crippen molar-refractivity contribution in [2.45, 2.75) is 13.8 Å². The molecule has 0 aromatic carbocycles. The Balaban J connectivity index is 3.87. The molecule has 0 heterocycles. The molecule has 5 nitrogen and oxygen atoms in total. The SMILES string of the molecule is CCOC(=O)/C=C(\C)CO[P+](=O)O. The molecule has 1 unspecified atom stereocenters. The second-order valence-corrected chi connectivity index (χ2v) is 2.99. The number of carbonyl (C=O) groups is 1. The number of hydrogen-bond acceptors (Lipinski definition) is 4. The zero-order chi connectivity index (χ0) is 10.3. The second kappa shape index (κ2) is 6.71. The lowest BCUT2D eigenvalue weighted by Gasteiger charge is -1.96. The molecule has 0 saturated carbocycles. The van der Waals surface area contributed by atoms with Crippen LogP contribution < -0.4 is 0 Å². The molecule has 0 aliphatic rings. The van der Waals surface area contributed by atoms with Crippen molar-refractivity contribution >= 4 is 14.2 Å². The Bertz CT molecular complexity index is 223. The Morgan fingerprint density at radius 3 is 2.69 bits per heavy atom. The first-order valence-electron chi connectivity index (χ1n) is 3.69. The van der Waals surface area contributed by atoms with E-state index in [0.717, 1.165) is 0 Å². The van der Waals surface area contributed by atoms with Crippen LogP contribution in [0.3, 0.4) is 0 Å². The summed E-state index contributed by atoms with van der Waals surface area (Å²) in [7, 11) is -2.61. The van der Waals surface area contributed by atoms with Crippen LogP contribution in [0.15, 0.2) is 11.6 Å². The average molecular weight is 207 g/mol. The fourth-order valence-corrected chi connectivity index (χ4v) is 0.898. The first-order valence-corrected chi connectivity index (χ1v) is 4.82. The van der Waals surface area contributed by atoms with Gasteiger partial charge < -0.3 is 4.74 Å². The summed E-state index contributed by atoms with van der Waals surface area (Å²) in [5, 5.41) is 0. The Hall–Kier alpha value is -0.770. The Labute approximate surface area is 77.3 Å². The number of hydrogen-bond donors (Lipinski definition) is 1. The highest BCUT2D eigenvalue weighted by Crippen LogP contribution is 2.15. The van der Waals surface area contributed by atoms with E-state index in [1.54, 1.807) is 13.8 Å². The van der Waals surface area contributed by atoms with Crippen LogP contribution in [0.25, 0.3) is 0 Å². The van der Waals surface area contributed by atoms with E-state index in [4.69, 9.17) is 4.89 Å². The summed E-state index contributed by atoms with van der Waals surface area (Å²) < 4.78 is 19.1. The van der Waals surface area contributed by atoms with Gasteiger partial charge in [-0.2, -0.15) is 0 Å². The third-order valence-corrected chi connectivity index (χ3v) is 1.40. The highest BCUT2D eigenvalue weighted by atomic mass is 31.1. The maximum absolute atomic E-state index is 10.8. The largest absolute Gasteiger partial charge is 0.695 e. The Kier molecular flexibility index (Phi) is 6.32. The second-order valence-electron chi connectivity index (χ2n) is 2.25. The highest BCUT2D eigenvalue weighted by Gasteiger charge is 2.11. The van der Waals surface area contributed by atoms with Gasteiger partial charge in [0, 0.05) is 10.6 Å². The molecular formula is C7H12O5P+. The lowest BCUT2D eigenvalue weighted by atomic mass is 10.3. The van der Waals surface area contributed by atoms with Gasteiger partial charge in [0.25, 0.3) is 0 Å². The zero-order valence-electron chi connectivity index (χ0n) is 7.52. The zero-order valence-corrected chi connectivity index (χ0v) is 8.41. The quantitative estimate of drug-likeness (QED) is 0.416. The molecule has 0 fully saturated rings. The van der Waals surface area contributed by atoms with E-state index in [1.165, 1.54) is 6.08 Å². The fourth-order valence-electron chi connectivity index (χ4n) is 0.584. The van der Waals surface area contributed by atoms with Gasteiger partial charge in [0.1, 0.15) is 6.61 Å². The van der Waals surface area contributed by atoms with Gasteiger partial charge >= 0.3 is 14.2 Å². The number of rotatable bonds is 5. The lowest BCUT2D eigenvalue weighted by Crippen LogP contribution is -2.01. The molecule has 0 aliphatic heterocycles. The van der Waals surface area contributed by atoms with Crippen LogP contribution >= 0.6 is 8.25 Å². The van der Waals surface area contributed by atoms with Crippen LogP contribution in [-0.4, -0.2) is 24.1 Å². The summed E-state index contributed by atoms with van der Waals surface area (Å²) in [5.41, 5.74) is 0.538. The van der Waals surface area contributed by atoms with Crippen molar-refractivity contribution in [2.24, 2.45) is 0 Å². The smallest absolute Gasteiger partial charge is 0.463 e. The summed E-state index contributed by atoms with van der Waals surface area (Å²) in [6, 6.07) is 0. The molecular weight excluding hydrogens is 195 g/mol. The monoisotopic (exact) mass is 207 g/mol. The molecule has 0 saturated heterocycles. The van der Waals surface area contributed by atoms with Crippen LogP contribution in [0.4, 0.5) is 0 Å². The van der Waals surface area contributed by atoms with Gasteiger partial charge in [0.05, 0.1) is 6.61 Å². The standard InChI is InChI=1S/C7H11O5P/c1-3-11-7(8)4-6(2)5-12-13(9)10/h4H,3,5H2,1-2H3/p+1/b6-4+. The van der Waals surface area contributed by atoms with E-state index in [-0.39, 0.29) is 6.61 Å². The first-order chi connectivity index (χ1) is 6.06. The third-order valence-electron chi connectivity index (χ3n) is 1.05. The maximum atomic E-state index is 10.8. The first kappa shape index (κ1) is 12.2. The molecule has 0 rings (SSSR count). The molecule has 0 aliphatic carbocycles. The van der Waals surface area contributed by atoms with Gasteiger partial charge in [-0.05, 0) is 19.4 Å². The lowest BCUT2D eigenvalue weighted by molar-refractivity contribution is -0.137. The minimum atomic E-state index is -2.61. The average Bonchev–Trinajstić information content (AvgIpc) is 2.01. The molecule has 0 aromatic rings. The molecule has 13 heavy (non-hydrogen) atoms. The van der Waals surface area contributed by atoms with Crippen molar-refractivity contribution in [2.75, 3.05) is 13.2 Å². The Morgan fingerprint density at radius 2 is 2.23 bits per heavy atom. The highest BCUT2D eigenvalue weighted by molar-refractivity contribution is 7.32. The summed E-state index contributed by atoms with van der Waals surface area (Å²) >= 11 is 0. The van der Waals surface area contributed by atoms with Crippen molar-refractivity contribution in [1.82, 2.24) is 0 Å². The number of ether oxygens (including phenoxy) is 1. The van der Waals surface area contributed by atoms with Crippen molar-refractivity contribution in [1.29, 1.82) is 0 Å². The van der Waals surface area contributed by atoms with Gasteiger partial charge in [-0.25, -0.2) is 4.79 Å². The summed E-state index contributed by atoms with van der Waals surface area (Å²) in [6.45, 7) is 3.56.